The fourth-order valence-corrected chi connectivity index (χ4v) is 2.78. The monoisotopic (exact) mass is 337 g/mol. The third kappa shape index (κ3) is 4.50. The number of aliphatic carboxylic acids is 1. The van der Waals surface area contributed by atoms with E-state index in [1.807, 2.05) is 46.6 Å². The van der Waals surface area contributed by atoms with Gasteiger partial charge < -0.3 is 5.11 Å². The van der Waals surface area contributed by atoms with Gasteiger partial charge in [-0.05, 0) is 23.8 Å². The summed E-state index contributed by atoms with van der Waals surface area (Å²) in [5, 5.41) is 15.6. The van der Waals surface area contributed by atoms with Gasteiger partial charge in [-0.15, -0.1) is 11.3 Å². The minimum absolute atomic E-state index is 0.641. The van der Waals surface area contributed by atoms with Crippen molar-refractivity contribution in [2.24, 2.45) is 0 Å². The lowest BCUT2D eigenvalue weighted by molar-refractivity contribution is -0.131. The predicted molar refractivity (Wildman–Crippen MR) is 95.5 cm³/mol. The zero-order chi connectivity index (χ0) is 16.8. The molecule has 0 atom stereocenters. The molecule has 3 rings (SSSR count). The van der Waals surface area contributed by atoms with Crippen LogP contribution in [0.2, 0.25) is 0 Å². The van der Waals surface area contributed by atoms with E-state index in [2.05, 4.69) is 22.2 Å². The highest BCUT2D eigenvalue weighted by atomic mass is 32.1. The topological polar surface area (TPSA) is 68.0 Å². The second kappa shape index (κ2) is 7.52. The van der Waals surface area contributed by atoms with Crippen molar-refractivity contribution < 1.29 is 9.90 Å². The van der Waals surface area contributed by atoms with Crippen LogP contribution in [0, 0.1) is 0 Å². The molecule has 2 aromatic heterocycles. The number of aromatic nitrogens is 3. The Morgan fingerprint density at radius 2 is 2.04 bits per heavy atom. The zero-order valence-corrected chi connectivity index (χ0v) is 13.6. The fourth-order valence-electron chi connectivity index (χ4n) is 2.10. The van der Waals surface area contributed by atoms with Gasteiger partial charge in [0.1, 0.15) is 5.01 Å². The maximum Gasteiger partial charge on any atom is 0.328 e. The largest absolute Gasteiger partial charge is 0.478 e. The molecule has 1 N–H and O–H groups in total. The molecule has 0 aliphatic heterocycles. The highest BCUT2D eigenvalue weighted by Crippen LogP contribution is 2.15. The summed E-state index contributed by atoms with van der Waals surface area (Å²) in [6.45, 7) is 0.732. The van der Waals surface area contributed by atoms with Crippen LogP contribution >= 0.6 is 11.3 Å². The number of nitrogens with zero attached hydrogens (tertiary/aromatic N) is 3. The average molecular weight is 337 g/mol. The Morgan fingerprint density at radius 3 is 2.83 bits per heavy atom. The van der Waals surface area contributed by atoms with E-state index < -0.39 is 5.97 Å². The van der Waals surface area contributed by atoms with Crippen LogP contribution < -0.4 is 0 Å². The van der Waals surface area contributed by atoms with E-state index in [0.717, 1.165) is 23.2 Å². The Morgan fingerprint density at radius 1 is 1.21 bits per heavy atom. The van der Waals surface area contributed by atoms with Crippen molar-refractivity contribution >= 4 is 35.5 Å². The van der Waals surface area contributed by atoms with Gasteiger partial charge in [0.25, 0.3) is 0 Å². The molecule has 5 nitrogen and oxygen atoms in total. The summed E-state index contributed by atoms with van der Waals surface area (Å²) < 4.78 is 1.89. The summed E-state index contributed by atoms with van der Waals surface area (Å²) in [5.74, 6) is -0.981. The van der Waals surface area contributed by atoms with Crippen LogP contribution in [0.15, 0.2) is 54.2 Å². The summed E-state index contributed by atoms with van der Waals surface area (Å²) >= 11 is 1.46. The highest BCUT2D eigenvalue weighted by molar-refractivity contribution is 7.10. The molecule has 0 unspecified atom stereocenters. The van der Waals surface area contributed by atoms with Gasteiger partial charge in [-0.2, -0.15) is 5.10 Å². The number of carboxylic acid groups (broad SMARTS) is 1. The third-order valence-electron chi connectivity index (χ3n) is 3.20. The van der Waals surface area contributed by atoms with Crippen molar-refractivity contribution in [2.75, 3.05) is 0 Å². The molecule has 0 saturated heterocycles. The summed E-state index contributed by atoms with van der Waals surface area (Å²) in [4.78, 5) is 14.8. The van der Waals surface area contributed by atoms with Gasteiger partial charge >= 0.3 is 5.97 Å². The average Bonchev–Trinajstić information content (AvgIpc) is 3.21. The van der Waals surface area contributed by atoms with Gasteiger partial charge in [0.2, 0.25) is 0 Å². The predicted octanol–water partition coefficient (Wildman–Crippen LogP) is 3.66. The molecule has 2 heterocycles. The van der Waals surface area contributed by atoms with Gasteiger partial charge in [-0.1, -0.05) is 30.3 Å². The molecular weight excluding hydrogens is 322 g/mol. The first-order valence-corrected chi connectivity index (χ1v) is 8.18. The zero-order valence-electron chi connectivity index (χ0n) is 12.7. The molecule has 6 heteroatoms. The molecule has 0 bridgehead atoms. The number of rotatable bonds is 6. The molecule has 3 aromatic rings. The van der Waals surface area contributed by atoms with Crippen LogP contribution in [0.3, 0.4) is 0 Å². The molecule has 0 saturated carbocycles. The Hall–Kier alpha value is -2.99. The fraction of sp³-hybridized carbons (Fsp3) is 0.0556. The SMILES string of the molecule is O=C(O)C=Cc1csc(C=Cc2cnn(Cc3ccccc3)c2)n1. The Balaban J connectivity index is 1.64. The second-order valence-electron chi connectivity index (χ2n) is 5.07. The molecule has 24 heavy (non-hydrogen) atoms. The van der Waals surface area contributed by atoms with Crippen LogP contribution in [0.1, 0.15) is 21.8 Å². The van der Waals surface area contributed by atoms with Crippen LogP contribution in [0.4, 0.5) is 0 Å². The molecule has 0 aliphatic rings. The van der Waals surface area contributed by atoms with E-state index in [-0.39, 0.29) is 0 Å². The second-order valence-corrected chi connectivity index (χ2v) is 5.96. The minimum atomic E-state index is -0.981. The summed E-state index contributed by atoms with van der Waals surface area (Å²) in [7, 11) is 0. The molecule has 0 radical (unpaired) electrons. The van der Waals surface area contributed by atoms with E-state index >= 15 is 0 Å². The number of benzene rings is 1. The number of thiazole rings is 1. The van der Waals surface area contributed by atoms with Crippen molar-refractivity contribution in [3.8, 4) is 0 Å². The number of hydrogen-bond donors (Lipinski definition) is 1. The molecule has 0 spiro atoms. The van der Waals surface area contributed by atoms with Crippen molar-refractivity contribution in [1.82, 2.24) is 14.8 Å². The van der Waals surface area contributed by atoms with Crippen LogP contribution in [-0.2, 0) is 11.3 Å². The molecule has 0 amide bonds. The number of hydrogen-bond acceptors (Lipinski definition) is 4. The summed E-state index contributed by atoms with van der Waals surface area (Å²) in [6.07, 6.45) is 10.2. The summed E-state index contributed by atoms with van der Waals surface area (Å²) in [6, 6.07) is 10.2. The van der Waals surface area contributed by atoms with E-state index in [9.17, 15) is 4.79 Å². The van der Waals surface area contributed by atoms with E-state index in [1.54, 1.807) is 6.20 Å². The first kappa shape index (κ1) is 15.9. The van der Waals surface area contributed by atoms with Crippen LogP contribution in [-0.4, -0.2) is 25.8 Å². The van der Waals surface area contributed by atoms with Crippen LogP contribution in [0.5, 0.6) is 0 Å². The van der Waals surface area contributed by atoms with Gasteiger partial charge in [0.05, 0.1) is 18.4 Å². The molecular formula is C18H15N3O2S. The van der Waals surface area contributed by atoms with Gasteiger partial charge in [-0.25, -0.2) is 9.78 Å². The van der Waals surface area contributed by atoms with Crippen molar-refractivity contribution in [2.45, 2.75) is 6.54 Å². The quantitative estimate of drug-likeness (QED) is 0.697. The first-order valence-electron chi connectivity index (χ1n) is 7.30. The van der Waals surface area contributed by atoms with Gasteiger partial charge in [0.15, 0.2) is 0 Å². The van der Waals surface area contributed by atoms with Crippen molar-refractivity contribution in [3.05, 3.63) is 76.0 Å². The third-order valence-corrected chi connectivity index (χ3v) is 4.02. The van der Waals surface area contributed by atoms with Crippen LogP contribution in [0.25, 0.3) is 18.2 Å². The lowest BCUT2D eigenvalue weighted by atomic mass is 10.2. The van der Waals surface area contributed by atoms with Gasteiger partial charge in [0, 0.05) is 23.2 Å². The summed E-state index contributed by atoms with van der Waals surface area (Å²) in [5.41, 5.74) is 2.83. The van der Waals surface area contributed by atoms with Crippen molar-refractivity contribution in [1.29, 1.82) is 0 Å². The molecule has 0 aliphatic carbocycles. The van der Waals surface area contributed by atoms with E-state index in [1.165, 1.54) is 23.0 Å². The van der Waals surface area contributed by atoms with Crippen molar-refractivity contribution in [3.63, 3.8) is 0 Å². The maximum absolute atomic E-state index is 10.5. The maximum atomic E-state index is 10.5. The molecule has 1 aromatic carbocycles. The highest BCUT2D eigenvalue weighted by Gasteiger charge is 1.99. The smallest absolute Gasteiger partial charge is 0.328 e. The Labute approximate surface area is 143 Å². The van der Waals surface area contributed by atoms with E-state index in [0.29, 0.717) is 5.69 Å². The molecule has 0 fully saturated rings. The first-order chi connectivity index (χ1) is 11.7. The lowest BCUT2D eigenvalue weighted by Crippen LogP contribution is -1.99. The standard InChI is InChI=1S/C18H15N3O2S/c22-18(23)9-7-16-13-24-17(20-16)8-6-15-10-19-21(12-15)11-14-4-2-1-3-5-14/h1-10,12-13H,11H2,(H,22,23). The lowest BCUT2D eigenvalue weighted by Gasteiger charge is -2.00. The number of carboxylic acids is 1. The van der Waals surface area contributed by atoms with Gasteiger partial charge in [-0.3, -0.25) is 4.68 Å². The minimum Gasteiger partial charge on any atom is -0.478 e. The number of carbonyl (C=O) groups is 1. The Bertz CT molecular complexity index is 879. The van der Waals surface area contributed by atoms with E-state index in [4.69, 9.17) is 5.11 Å². The normalized spacial score (nSPS) is 11.5. The molecule has 120 valence electrons. The Kier molecular flexibility index (Phi) is 4.98.